The molecule has 5 heteroatoms. The van der Waals surface area contributed by atoms with Crippen molar-refractivity contribution in [2.45, 2.75) is 25.6 Å². The van der Waals surface area contributed by atoms with E-state index in [0.717, 1.165) is 0 Å². The lowest BCUT2D eigenvalue weighted by Crippen LogP contribution is -2.17. The van der Waals surface area contributed by atoms with Gasteiger partial charge in [0.15, 0.2) is 0 Å². The van der Waals surface area contributed by atoms with Crippen LogP contribution >= 0.6 is 11.6 Å². The number of hydrogen-bond donors (Lipinski definition) is 0. The molecule has 0 bridgehead atoms. The molecule has 0 heterocycles. The maximum absolute atomic E-state index is 11.2. The lowest BCUT2D eigenvalue weighted by Gasteiger charge is -2.07. The minimum Gasteiger partial charge on any atom is -0.426 e. The van der Waals surface area contributed by atoms with Gasteiger partial charge in [-0.2, -0.15) is 0 Å². The van der Waals surface area contributed by atoms with Crippen LogP contribution in [0.3, 0.4) is 0 Å². The highest BCUT2D eigenvalue weighted by molar-refractivity contribution is 6.29. The summed E-state index contributed by atoms with van der Waals surface area (Å²) in [5.41, 5.74) is 0. The van der Waals surface area contributed by atoms with Gasteiger partial charge in [0.1, 0.15) is 16.9 Å². The van der Waals surface area contributed by atoms with Crippen LogP contribution in [0.5, 0.6) is 11.5 Å². The molecule has 1 aromatic rings. The predicted molar refractivity (Wildman–Crippen MR) is 63.3 cm³/mol. The van der Waals surface area contributed by atoms with E-state index in [-0.39, 0.29) is 12.4 Å². The first kappa shape index (κ1) is 13.5. The van der Waals surface area contributed by atoms with Gasteiger partial charge in [-0.1, -0.05) is 13.0 Å². The van der Waals surface area contributed by atoms with Crippen LogP contribution in [0.2, 0.25) is 0 Å². The molecule has 0 aliphatic rings. The highest BCUT2D eigenvalue weighted by Crippen LogP contribution is 2.20. The van der Waals surface area contributed by atoms with Crippen LogP contribution in [0.4, 0.5) is 0 Å². The van der Waals surface area contributed by atoms with Crippen LogP contribution in [0.25, 0.3) is 0 Å². The van der Waals surface area contributed by atoms with E-state index in [1.165, 1.54) is 13.0 Å². The number of benzene rings is 1. The molecule has 0 saturated carbocycles. The van der Waals surface area contributed by atoms with E-state index in [0.29, 0.717) is 11.5 Å². The molecule has 4 nitrogen and oxygen atoms in total. The zero-order valence-corrected chi connectivity index (χ0v) is 10.4. The first-order valence-corrected chi connectivity index (χ1v) is 5.63. The number of halogens is 1. The Bertz CT molecular complexity index is 415. The second kappa shape index (κ2) is 6.25. The van der Waals surface area contributed by atoms with Crippen molar-refractivity contribution >= 4 is 23.5 Å². The van der Waals surface area contributed by atoms with Crippen molar-refractivity contribution in [3.05, 3.63) is 24.3 Å². The van der Waals surface area contributed by atoms with Crippen LogP contribution in [0, 0.1) is 0 Å². The van der Waals surface area contributed by atoms with Crippen LogP contribution in [-0.2, 0) is 9.59 Å². The quantitative estimate of drug-likeness (QED) is 0.472. The van der Waals surface area contributed by atoms with E-state index >= 15 is 0 Å². The van der Waals surface area contributed by atoms with Gasteiger partial charge in [-0.15, -0.1) is 11.6 Å². The minimum atomic E-state index is -0.725. The van der Waals surface area contributed by atoms with Crippen molar-refractivity contribution in [2.24, 2.45) is 0 Å². The predicted octanol–water partition coefficient (Wildman–Crippen LogP) is 2.53. The van der Waals surface area contributed by atoms with Gasteiger partial charge < -0.3 is 9.47 Å². The van der Waals surface area contributed by atoms with E-state index in [4.69, 9.17) is 21.1 Å². The van der Waals surface area contributed by atoms with Crippen molar-refractivity contribution in [1.29, 1.82) is 0 Å². The second-order valence-corrected chi connectivity index (χ2v) is 3.99. The van der Waals surface area contributed by atoms with Crippen molar-refractivity contribution in [3.8, 4) is 11.5 Å². The Morgan fingerprint density at radius 3 is 2.41 bits per heavy atom. The summed E-state index contributed by atoms with van der Waals surface area (Å²) in [6, 6.07) is 6.28. The Hall–Kier alpha value is -1.55. The smallest absolute Gasteiger partial charge is 0.329 e. The van der Waals surface area contributed by atoms with Gasteiger partial charge in [0.25, 0.3) is 0 Å². The molecule has 1 unspecified atom stereocenters. The molecule has 1 atom stereocenters. The molecule has 0 spiro atoms. The molecule has 0 aliphatic heterocycles. The maximum Gasteiger partial charge on any atom is 0.329 e. The van der Waals surface area contributed by atoms with Gasteiger partial charge in [0.05, 0.1) is 0 Å². The normalized spacial score (nSPS) is 11.7. The van der Waals surface area contributed by atoms with E-state index in [2.05, 4.69) is 0 Å². The average molecular weight is 257 g/mol. The number of ether oxygens (including phenoxy) is 2. The number of carbonyl (C=O) groups is 2. The molecule has 92 valence electrons. The maximum atomic E-state index is 11.2. The fourth-order valence-electron chi connectivity index (χ4n) is 1.00. The summed E-state index contributed by atoms with van der Waals surface area (Å²) >= 11 is 5.56. The first-order valence-electron chi connectivity index (χ1n) is 5.19. The molecular weight excluding hydrogens is 244 g/mol. The number of rotatable bonds is 4. The fourth-order valence-corrected chi connectivity index (χ4v) is 1.05. The van der Waals surface area contributed by atoms with E-state index in [1.807, 2.05) is 0 Å². The average Bonchev–Trinajstić information content (AvgIpc) is 2.29. The third kappa shape index (κ3) is 4.44. The number of hydrogen-bond acceptors (Lipinski definition) is 4. The number of carbonyl (C=O) groups excluding carboxylic acids is 2. The third-order valence-electron chi connectivity index (χ3n) is 1.87. The highest BCUT2D eigenvalue weighted by Gasteiger charge is 2.12. The summed E-state index contributed by atoms with van der Waals surface area (Å²) in [6.07, 6.45) is 0.280. The molecule has 1 rings (SSSR count). The molecule has 1 aromatic carbocycles. The Morgan fingerprint density at radius 1 is 1.29 bits per heavy atom. The van der Waals surface area contributed by atoms with Gasteiger partial charge in [-0.05, 0) is 19.1 Å². The summed E-state index contributed by atoms with van der Waals surface area (Å²) in [7, 11) is 0. The van der Waals surface area contributed by atoms with Crippen molar-refractivity contribution in [2.75, 3.05) is 0 Å². The zero-order chi connectivity index (χ0) is 12.8. The van der Waals surface area contributed by atoms with Crippen molar-refractivity contribution in [3.63, 3.8) is 0 Å². The van der Waals surface area contributed by atoms with Crippen LogP contribution < -0.4 is 9.47 Å². The number of esters is 2. The van der Waals surface area contributed by atoms with Crippen LogP contribution in [0.15, 0.2) is 24.3 Å². The van der Waals surface area contributed by atoms with Gasteiger partial charge in [-0.3, -0.25) is 9.59 Å². The molecule has 0 amide bonds. The highest BCUT2D eigenvalue weighted by atomic mass is 35.5. The largest absolute Gasteiger partial charge is 0.426 e. The molecule has 0 saturated heterocycles. The fraction of sp³-hybridized carbons (Fsp3) is 0.333. The van der Waals surface area contributed by atoms with E-state index in [9.17, 15) is 9.59 Å². The monoisotopic (exact) mass is 256 g/mol. The van der Waals surface area contributed by atoms with Gasteiger partial charge >= 0.3 is 11.9 Å². The molecule has 0 aromatic heterocycles. The second-order valence-electron chi connectivity index (χ2n) is 3.34. The van der Waals surface area contributed by atoms with Gasteiger partial charge in [0.2, 0.25) is 0 Å². The summed E-state index contributed by atoms with van der Waals surface area (Å²) in [5.74, 6) is -0.266. The summed E-state index contributed by atoms with van der Waals surface area (Å²) in [6.45, 7) is 3.21. The minimum absolute atomic E-state index is 0.280. The standard InChI is InChI=1S/C12H13ClO4/c1-3-11(14)16-9-5-4-6-10(7-9)17-12(15)8(2)13/h4-8H,3H2,1-2H3. The molecule has 17 heavy (non-hydrogen) atoms. The summed E-state index contributed by atoms with van der Waals surface area (Å²) in [5, 5.41) is -0.725. The summed E-state index contributed by atoms with van der Waals surface area (Å²) < 4.78 is 9.95. The van der Waals surface area contributed by atoms with E-state index in [1.54, 1.807) is 25.1 Å². The van der Waals surface area contributed by atoms with Gasteiger partial charge in [-0.25, -0.2) is 0 Å². The molecule has 0 N–H and O–H groups in total. The number of alkyl halides is 1. The van der Waals surface area contributed by atoms with Crippen LogP contribution in [-0.4, -0.2) is 17.3 Å². The molecule has 0 fully saturated rings. The van der Waals surface area contributed by atoms with Crippen LogP contribution in [0.1, 0.15) is 20.3 Å². The first-order chi connectivity index (χ1) is 8.02. The Morgan fingerprint density at radius 2 is 1.88 bits per heavy atom. The molecule has 0 aliphatic carbocycles. The Labute approximate surface area is 104 Å². The summed E-state index contributed by atoms with van der Waals surface area (Å²) in [4.78, 5) is 22.3. The van der Waals surface area contributed by atoms with Crippen molar-refractivity contribution in [1.82, 2.24) is 0 Å². The molecular formula is C12H13ClO4. The Balaban J connectivity index is 2.72. The lowest BCUT2D eigenvalue weighted by molar-refractivity contribution is -0.134. The third-order valence-corrected chi connectivity index (χ3v) is 2.05. The van der Waals surface area contributed by atoms with E-state index < -0.39 is 11.3 Å². The topological polar surface area (TPSA) is 52.6 Å². The Kier molecular flexibility index (Phi) is 4.97. The zero-order valence-electron chi connectivity index (χ0n) is 9.60. The van der Waals surface area contributed by atoms with Gasteiger partial charge in [0, 0.05) is 12.5 Å². The molecule has 0 radical (unpaired) electrons. The van der Waals surface area contributed by atoms with Crippen molar-refractivity contribution < 1.29 is 19.1 Å². The SMILES string of the molecule is CCC(=O)Oc1cccc(OC(=O)C(C)Cl)c1. The lowest BCUT2D eigenvalue weighted by atomic mass is 10.3.